The van der Waals surface area contributed by atoms with E-state index in [1.807, 2.05) is 6.07 Å². The van der Waals surface area contributed by atoms with Crippen LogP contribution in [0.3, 0.4) is 0 Å². The van der Waals surface area contributed by atoms with Crippen LogP contribution in [-0.2, 0) is 6.42 Å². The molecule has 2 nitrogen and oxygen atoms in total. The number of unbranched alkanes of at least 4 members (excludes halogenated alkanes) is 4. The average molecular weight is 343 g/mol. The van der Waals surface area contributed by atoms with Gasteiger partial charge in [0, 0.05) is 17.4 Å². The van der Waals surface area contributed by atoms with Crippen molar-refractivity contribution in [3.8, 4) is 11.5 Å². The molecular weight excluding hydrogens is 308 g/mol. The highest BCUT2D eigenvalue weighted by atomic mass is 16.5. The summed E-state index contributed by atoms with van der Waals surface area (Å²) in [5.41, 5.74) is 3.37. The van der Waals surface area contributed by atoms with Crippen molar-refractivity contribution in [2.45, 2.75) is 90.1 Å². The van der Waals surface area contributed by atoms with Gasteiger partial charge < -0.3 is 9.84 Å². The lowest BCUT2D eigenvalue weighted by Crippen LogP contribution is -2.46. The number of phenolic OH excluding ortho intramolecular Hbond substituents is 1. The molecule has 25 heavy (non-hydrogen) atoms. The summed E-state index contributed by atoms with van der Waals surface area (Å²) >= 11 is 0. The molecule has 1 heterocycles. The number of fused-ring (bicyclic) bond motifs is 3. The average Bonchev–Trinajstić information content (AvgIpc) is 2.53. The van der Waals surface area contributed by atoms with Crippen LogP contribution >= 0.6 is 0 Å². The van der Waals surface area contributed by atoms with Crippen LogP contribution in [-0.4, -0.2) is 10.7 Å². The van der Waals surface area contributed by atoms with Gasteiger partial charge >= 0.3 is 0 Å². The highest BCUT2D eigenvalue weighted by Crippen LogP contribution is 2.55. The van der Waals surface area contributed by atoms with Crippen molar-refractivity contribution in [3.63, 3.8) is 0 Å². The van der Waals surface area contributed by atoms with E-state index in [0.29, 0.717) is 17.6 Å². The highest BCUT2D eigenvalue weighted by Gasteiger charge is 2.46. The van der Waals surface area contributed by atoms with Crippen LogP contribution in [0.2, 0.25) is 0 Å². The minimum absolute atomic E-state index is 0.176. The van der Waals surface area contributed by atoms with Crippen LogP contribution in [0.25, 0.3) is 0 Å². The molecule has 0 saturated heterocycles. The quantitative estimate of drug-likeness (QED) is 0.471. The largest absolute Gasteiger partial charge is 0.508 e. The number of phenols is 1. The van der Waals surface area contributed by atoms with Crippen LogP contribution in [0.5, 0.6) is 11.5 Å². The first-order chi connectivity index (χ1) is 11.9. The molecule has 0 spiro atoms. The first-order valence-electron chi connectivity index (χ1n) is 10.1. The summed E-state index contributed by atoms with van der Waals surface area (Å²) < 4.78 is 6.40. The number of allylic oxidation sites excluding steroid dienone is 1. The summed E-state index contributed by atoms with van der Waals surface area (Å²) in [4.78, 5) is 0. The molecule has 1 fully saturated rings. The normalized spacial score (nSPS) is 24.4. The highest BCUT2D eigenvalue weighted by molar-refractivity contribution is 5.52. The van der Waals surface area contributed by atoms with E-state index >= 15 is 0 Å². The van der Waals surface area contributed by atoms with Crippen molar-refractivity contribution in [1.29, 1.82) is 0 Å². The van der Waals surface area contributed by atoms with Gasteiger partial charge in [-0.1, -0.05) is 44.8 Å². The molecule has 0 bridgehead atoms. The summed E-state index contributed by atoms with van der Waals surface area (Å²) in [6.07, 6.45) is 10.5. The number of aryl methyl sites for hydroxylation is 1. The van der Waals surface area contributed by atoms with Crippen molar-refractivity contribution >= 4 is 0 Å². The standard InChI is InChI=1S/C23H34O2/c1-5-6-7-8-9-10-17-14-20(24)22-18-13-16(2)11-12-19(18)23(3,4)25-21(22)15-17/h14-15,18-19,24H,2,5-13H2,1,3-4H3/t18-,19-/m1/s1. The molecule has 0 radical (unpaired) electrons. The van der Waals surface area contributed by atoms with Gasteiger partial charge in [-0.25, -0.2) is 0 Å². The first-order valence-corrected chi connectivity index (χ1v) is 10.1. The van der Waals surface area contributed by atoms with E-state index in [-0.39, 0.29) is 5.60 Å². The SMILES string of the molecule is C=C1CC[C@@H]2[C@@H](C1)c1c(O)cc(CCCCCCC)cc1OC2(C)C. The lowest BCUT2D eigenvalue weighted by Gasteiger charge is -2.48. The minimum Gasteiger partial charge on any atom is -0.508 e. The Labute approximate surface area is 153 Å². The van der Waals surface area contributed by atoms with Crippen LogP contribution in [0.1, 0.15) is 89.2 Å². The van der Waals surface area contributed by atoms with E-state index in [1.54, 1.807) is 0 Å². The van der Waals surface area contributed by atoms with Gasteiger partial charge in [-0.2, -0.15) is 0 Å². The van der Waals surface area contributed by atoms with E-state index in [9.17, 15) is 5.11 Å². The Morgan fingerprint density at radius 3 is 2.72 bits per heavy atom. The van der Waals surface area contributed by atoms with Gasteiger partial charge in [0.15, 0.2) is 0 Å². The summed E-state index contributed by atoms with van der Waals surface area (Å²) in [7, 11) is 0. The molecule has 0 unspecified atom stereocenters. The minimum atomic E-state index is -0.176. The maximum absolute atomic E-state index is 10.8. The maximum atomic E-state index is 10.8. The second-order valence-electron chi connectivity index (χ2n) is 8.60. The second kappa shape index (κ2) is 7.43. The first kappa shape index (κ1) is 18.4. The molecule has 2 heteroatoms. The van der Waals surface area contributed by atoms with Crippen molar-refractivity contribution < 1.29 is 9.84 Å². The fraction of sp³-hybridized carbons (Fsp3) is 0.652. The monoisotopic (exact) mass is 342 g/mol. The lowest BCUT2D eigenvalue weighted by molar-refractivity contribution is -0.000851. The Bertz CT molecular complexity index is 629. The molecule has 2 aliphatic rings. The maximum Gasteiger partial charge on any atom is 0.127 e. The Morgan fingerprint density at radius 2 is 1.96 bits per heavy atom. The molecule has 2 atom stereocenters. The van der Waals surface area contributed by atoms with Gasteiger partial charge in [-0.15, -0.1) is 0 Å². The van der Waals surface area contributed by atoms with Crippen LogP contribution < -0.4 is 4.74 Å². The third kappa shape index (κ3) is 3.88. The number of aromatic hydroxyl groups is 1. The van der Waals surface area contributed by atoms with E-state index in [2.05, 4.69) is 33.4 Å². The van der Waals surface area contributed by atoms with Gasteiger partial charge in [0.2, 0.25) is 0 Å². The summed E-state index contributed by atoms with van der Waals surface area (Å²) in [5, 5.41) is 10.8. The van der Waals surface area contributed by atoms with Gasteiger partial charge in [0.05, 0.1) is 0 Å². The number of hydrogen-bond acceptors (Lipinski definition) is 2. The molecule has 1 aliphatic carbocycles. The predicted octanol–water partition coefficient (Wildman–Crippen LogP) is 6.52. The lowest BCUT2D eigenvalue weighted by atomic mass is 9.65. The van der Waals surface area contributed by atoms with Crippen LogP contribution in [0.4, 0.5) is 0 Å². The van der Waals surface area contributed by atoms with E-state index < -0.39 is 0 Å². The molecule has 3 rings (SSSR count). The Morgan fingerprint density at radius 1 is 1.20 bits per heavy atom. The molecule has 1 aromatic rings. The second-order valence-corrected chi connectivity index (χ2v) is 8.60. The topological polar surface area (TPSA) is 29.5 Å². The zero-order valence-electron chi connectivity index (χ0n) is 16.2. The molecule has 1 saturated carbocycles. The van der Waals surface area contributed by atoms with Gasteiger partial charge in [-0.05, 0) is 63.6 Å². The number of rotatable bonds is 6. The Hall–Kier alpha value is -1.44. The molecule has 1 N–H and O–H groups in total. The zero-order valence-corrected chi connectivity index (χ0v) is 16.2. The Kier molecular flexibility index (Phi) is 5.46. The summed E-state index contributed by atoms with van der Waals surface area (Å²) in [6.45, 7) is 10.9. The van der Waals surface area contributed by atoms with Gasteiger partial charge in [0.25, 0.3) is 0 Å². The fourth-order valence-electron chi connectivity index (χ4n) is 4.81. The summed E-state index contributed by atoms with van der Waals surface area (Å²) in [5.74, 6) is 2.14. The molecular formula is C23H34O2. The van der Waals surface area contributed by atoms with E-state index in [4.69, 9.17) is 4.74 Å². The third-order valence-corrected chi connectivity index (χ3v) is 6.19. The van der Waals surface area contributed by atoms with E-state index in [0.717, 1.165) is 37.0 Å². The van der Waals surface area contributed by atoms with Crippen molar-refractivity contribution in [2.75, 3.05) is 0 Å². The number of ether oxygens (including phenoxy) is 1. The van der Waals surface area contributed by atoms with E-state index in [1.165, 1.54) is 43.2 Å². The zero-order chi connectivity index (χ0) is 18.0. The summed E-state index contributed by atoms with van der Waals surface area (Å²) in [6, 6.07) is 4.17. The number of benzene rings is 1. The third-order valence-electron chi connectivity index (χ3n) is 6.19. The molecule has 0 aromatic heterocycles. The van der Waals surface area contributed by atoms with Crippen molar-refractivity contribution in [3.05, 3.63) is 35.4 Å². The van der Waals surface area contributed by atoms with Gasteiger partial charge in [-0.3, -0.25) is 0 Å². The van der Waals surface area contributed by atoms with Gasteiger partial charge in [0.1, 0.15) is 17.1 Å². The number of hydrogen-bond donors (Lipinski definition) is 1. The predicted molar refractivity (Wildman–Crippen MR) is 104 cm³/mol. The molecule has 138 valence electrons. The van der Waals surface area contributed by atoms with Crippen molar-refractivity contribution in [1.82, 2.24) is 0 Å². The smallest absolute Gasteiger partial charge is 0.127 e. The Balaban J connectivity index is 1.81. The van der Waals surface area contributed by atoms with Crippen LogP contribution in [0, 0.1) is 5.92 Å². The molecule has 1 aromatic carbocycles. The van der Waals surface area contributed by atoms with Crippen molar-refractivity contribution in [2.24, 2.45) is 5.92 Å². The molecule has 1 aliphatic heterocycles. The van der Waals surface area contributed by atoms with Crippen LogP contribution in [0.15, 0.2) is 24.3 Å². The molecule has 0 amide bonds. The fourth-order valence-corrected chi connectivity index (χ4v) is 4.81.